The fourth-order valence-electron chi connectivity index (χ4n) is 1.48. The maximum atomic E-state index is 12.0. The molecular formula is C12H16F3NO. The van der Waals surface area contributed by atoms with Crippen molar-refractivity contribution in [3.8, 4) is 5.75 Å². The van der Waals surface area contributed by atoms with E-state index in [0.717, 1.165) is 11.1 Å². The Balaban J connectivity index is 2.63. The summed E-state index contributed by atoms with van der Waals surface area (Å²) in [5.41, 5.74) is 7.34. The number of alkyl halides is 3. The molecule has 2 nitrogen and oxygen atoms in total. The molecule has 0 saturated carbocycles. The fraction of sp³-hybridized carbons (Fsp3) is 0.500. The van der Waals surface area contributed by atoms with E-state index in [1.807, 2.05) is 19.1 Å². The minimum atomic E-state index is -4.18. The monoisotopic (exact) mass is 247 g/mol. The van der Waals surface area contributed by atoms with Crippen molar-refractivity contribution in [1.82, 2.24) is 0 Å². The van der Waals surface area contributed by atoms with Gasteiger partial charge in [-0.15, -0.1) is 0 Å². The third-order valence-corrected chi connectivity index (χ3v) is 2.27. The molecule has 0 radical (unpaired) electrons. The van der Waals surface area contributed by atoms with Crippen LogP contribution in [0.4, 0.5) is 13.2 Å². The molecule has 1 aromatic rings. The Bertz CT molecular complexity index is 363. The molecule has 0 unspecified atom stereocenters. The number of ether oxygens (including phenoxy) is 1. The third kappa shape index (κ3) is 5.08. The lowest BCUT2D eigenvalue weighted by Crippen LogP contribution is -2.14. The second kappa shape index (κ2) is 5.91. The standard InChI is InChI=1S/C12H16F3NO/c1-9-2-3-11(10(8-9)4-6-16)17-7-5-12(13,14)15/h2-3,8H,4-7,16H2,1H3. The topological polar surface area (TPSA) is 35.2 Å². The first kappa shape index (κ1) is 13.8. The molecule has 0 bridgehead atoms. The van der Waals surface area contributed by atoms with Crippen molar-refractivity contribution < 1.29 is 17.9 Å². The summed E-state index contributed by atoms with van der Waals surface area (Å²) in [5.74, 6) is 0.491. The molecule has 0 aliphatic carbocycles. The molecule has 0 aromatic heterocycles. The highest BCUT2D eigenvalue weighted by atomic mass is 19.4. The van der Waals surface area contributed by atoms with Gasteiger partial charge in [0.25, 0.3) is 0 Å². The van der Waals surface area contributed by atoms with Gasteiger partial charge in [0, 0.05) is 0 Å². The predicted molar refractivity (Wildman–Crippen MR) is 60.1 cm³/mol. The zero-order valence-electron chi connectivity index (χ0n) is 9.68. The van der Waals surface area contributed by atoms with Crippen molar-refractivity contribution in [1.29, 1.82) is 0 Å². The van der Waals surface area contributed by atoms with E-state index in [1.165, 1.54) is 0 Å². The number of benzene rings is 1. The summed E-state index contributed by atoms with van der Waals surface area (Å²) >= 11 is 0. The van der Waals surface area contributed by atoms with E-state index in [2.05, 4.69) is 0 Å². The van der Waals surface area contributed by atoms with Gasteiger partial charge in [0.15, 0.2) is 0 Å². The highest BCUT2D eigenvalue weighted by Crippen LogP contribution is 2.23. The lowest BCUT2D eigenvalue weighted by atomic mass is 10.1. The summed E-state index contributed by atoms with van der Waals surface area (Å²) in [6.07, 6.45) is -4.52. The average molecular weight is 247 g/mol. The van der Waals surface area contributed by atoms with Crippen molar-refractivity contribution in [2.24, 2.45) is 5.73 Å². The molecule has 17 heavy (non-hydrogen) atoms. The number of hydrogen-bond donors (Lipinski definition) is 1. The summed E-state index contributed by atoms with van der Waals surface area (Å²) in [6.45, 7) is 2.00. The zero-order chi connectivity index (χ0) is 12.9. The van der Waals surface area contributed by atoms with E-state index in [1.54, 1.807) is 6.07 Å². The molecule has 0 fully saturated rings. The lowest BCUT2D eigenvalue weighted by Gasteiger charge is -2.12. The van der Waals surface area contributed by atoms with Gasteiger partial charge >= 0.3 is 6.18 Å². The maximum Gasteiger partial charge on any atom is 0.392 e. The normalized spacial score (nSPS) is 11.6. The van der Waals surface area contributed by atoms with Crippen molar-refractivity contribution >= 4 is 0 Å². The predicted octanol–water partition coefficient (Wildman–Crippen LogP) is 2.83. The summed E-state index contributed by atoms with van der Waals surface area (Å²) in [7, 11) is 0. The number of aryl methyl sites for hydroxylation is 1. The van der Waals surface area contributed by atoms with Gasteiger partial charge in [-0.2, -0.15) is 13.2 Å². The van der Waals surface area contributed by atoms with Crippen LogP contribution < -0.4 is 10.5 Å². The number of halogens is 3. The number of rotatable bonds is 5. The Morgan fingerprint density at radius 1 is 1.29 bits per heavy atom. The Labute approximate surface area is 98.6 Å². The van der Waals surface area contributed by atoms with Gasteiger partial charge < -0.3 is 10.5 Å². The maximum absolute atomic E-state index is 12.0. The number of nitrogens with two attached hydrogens (primary N) is 1. The Morgan fingerprint density at radius 2 is 2.00 bits per heavy atom. The zero-order valence-corrected chi connectivity index (χ0v) is 9.68. The van der Waals surface area contributed by atoms with Gasteiger partial charge in [-0.25, -0.2) is 0 Å². The second-order valence-electron chi connectivity index (χ2n) is 3.86. The van der Waals surface area contributed by atoms with E-state index in [0.29, 0.717) is 18.7 Å². The SMILES string of the molecule is Cc1ccc(OCCC(F)(F)F)c(CCN)c1. The summed E-state index contributed by atoms with van der Waals surface area (Å²) in [4.78, 5) is 0. The van der Waals surface area contributed by atoms with Gasteiger partial charge in [0.1, 0.15) is 5.75 Å². The molecule has 5 heteroatoms. The fourth-order valence-corrected chi connectivity index (χ4v) is 1.48. The highest BCUT2D eigenvalue weighted by Gasteiger charge is 2.26. The van der Waals surface area contributed by atoms with Crippen LogP contribution in [-0.2, 0) is 6.42 Å². The van der Waals surface area contributed by atoms with E-state index in [4.69, 9.17) is 10.5 Å². The molecule has 0 atom stereocenters. The largest absolute Gasteiger partial charge is 0.493 e. The van der Waals surface area contributed by atoms with Gasteiger partial charge in [-0.05, 0) is 31.5 Å². The van der Waals surface area contributed by atoms with Crippen LogP contribution in [0, 0.1) is 6.92 Å². The minimum Gasteiger partial charge on any atom is -0.493 e. The highest BCUT2D eigenvalue weighted by molar-refractivity contribution is 5.37. The van der Waals surface area contributed by atoms with Crippen LogP contribution in [-0.4, -0.2) is 19.3 Å². The molecule has 0 amide bonds. The van der Waals surface area contributed by atoms with Crippen LogP contribution in [0.5, 0.6) is 5.75 Å². The van der Waals surface area contributed by atoms with Gasteiger partial charge in [0.2, 0.25) is 0 Å². The van der Waals surface area contributed by atoms with Crippen LogP contribution in [0.2, 0.25) is 0 Å². The molecule has 1 rings (SSSR count). The van der Waals surface area contributed by atoms with Crippen LogP contribution in [0.15, 0.2) is 18.2 Å². The summed E-state index contributed by atoms with van der Waals surface area (Å²) in [6, 6.07) is 5.38. The van der Waals surface area contributed by atoms with Crippen molar-refractivity contribution in [2.75, 3.05) is 13.2 Å². The smallest absolute Gasteiger partial charge is 0.392 e. The van der Waals surface area contributed by atoms with E-state index < -0.39 is 12.6 Å². The van der Waals surface area contributed by atoms with E-state index in [-0.39, 0.29) is 6.61 Å². The lowest BCUT2D eigenvalue weighted by molar-refractivity contribution is -0.139. The molecule has 0 saturated heterocycles. The molecular weight excluding hydrogens is 231 g/mol. The first-order valence-electron chi connectivity index (χ1n) is 5.41. The molecule has 0 aliphatic heterocycles. The average Bonchev–Trinajstić information content (AvgIpc) is 2.20. The summed E-state index contributed by atoms with van der Waals surface area (Å²) in [5, 5.41) is 0. The Morgan fingerprint density at radius 3 is 2.59 bits per heavy atom. The molecule has 96 valence electrons. The molecule has 0 aliphatic rings. The van der Waals surface area contributed by atoms with Crippen LogP contribution in [0.1, 0.15) is 17.5 Å². The third-order valence-electron chi connectivity index (χ3n) is 2.27. The first-order valence-corrected chi connectivity index (χ1v) is 5.41. The quantitative estimate of drug-likeness (QED) is 0.868. The van der Waals surface area contributed by atoms with Gasteiger partial charge in [-0.3, -0.25) is 0 Å². The Kier molecular flexibility index (Phi) is 4.81. The molecule has 2 N–H and O–H groups in total. The van der Waals surface area contributed by atoms with E-state index in [9.17, 15) is 13.2 Å². The van der Waals surface area contributed by atoms with Crippen LogP contribution in [0.25, 0.3) is 0 Å². The van der Waals surface area contributed by atoms with Crippen molar-refractivity contribution in [3.05, 3.63) is 29.3 Å². The van der Waals surface area contributed by atoms with Crippen molar-refractivity contribution in [3.63, 3.8) is 0 Å². The van der Waals surface area contributed by atoms with Gasteiger partial charge in [-0.1, -0.05) is 17.7 Å². The summed E-state index contributed by atoms with van der Waals surface area (Å²) < 4.78 is 41.1. The number of hydrogen-bond acceptors (Lipinski definition) is 2. The molecule has 0 spiro atoms. The van der Waals surface area contributed by atoms with Crippen molar-refractivity contribution in [2.45, 2.75) is 25.9 Å². The Hall–Kier alpha value is -1.23. The molecule has 1 aromatic carbocycles. The second-order valence-corrected chi connectivity index (χ2v) is 3.86. The van der Waals surface area contributed by atoms with Gasteiger partial charge in [0.05, 0.1) is 13.0 Å². The van der Waals surface area contributed by atoms with Crippen LogP contribution >= 0.6 is 0 Å². The minimum absolute atomic E-state index is 0.357. The van der Waals surface area contributed by atoms with Crippen LogP contribution in [0.3, 0.4) is 0 Å². The molecule has 0 heterocycles. The first-order chi connectivity index (χ1) is 7.92. The van der Waals surface area contributed by atoms with E-state index >= 15 is 0 Å².